The molecule has 9 heteroatoms. The number of nitrogens with zero attached hydrogens (tertiary/aromatic N) is 3. The Morgan fingerprint density at radius 3 is 2.70 bits per heavy atom. The second-order valence-corrected chi connectivity index (χ2v) is 7.61. The van der Waals surface area contributed by atoms with Gasteiger partial charge in [-0.25, -0.2) is 0 Å². The molecule has 2 N–H and O–H groups in total. The SMILES string of the molecule is CN=C(NCc1ccc(C(=O)N2CCNC(=O)C2)cc1)N(C)CCOCC1CC1.I. The van der Waals surface area contributed by atoms with E-state index in [-0.39, 0.29) is 42.3 Å². The van der Waals surface area contributed by atoms with Crippen LogP contribution in [0.15, 0.2) is 29.3 Å². The number of likely N-dealkylation sites (N-methyl/N-ethyl adjacent to an activating group) is 1. The molecule has 1 aliphatic heterocycles. The maximum Gasteiger partial charge on any atom is 0.254 e. The van der Waals surface area contributed by atoms with Crippen LogP contribution in [0.5, 0.6) is 0 Å². The van der Waals surface area contributed by atoms with Gasteiger partial charge in [-0.15, -0.1) is 24.0 Å². The molecule has 2 amide bonds. The number of nitrogens with one attached hydrogen (secondary N) is 2. The summed E-state index contributed by atoms with van der Waals surface area (Å²) in [5, 5.41) is 6.07. The van der Waals surface area contributed by atoms with Crippen molar-refractivity contribution in [2.75, 3.05) is 53.5 Å². The summed E-state index contributed by atoms with van der Waals surface area (Å²) >= 11 is 0. The van der Waals surface area contributed by atoms with Gasteiger partial charge < -0.3 is 25.2 Å². The van der Waals surface area contributed by atoms with Crippen molar-refractivity contribution in [3.63, 3.8) is 0 Å². The van der Waals surface area contributed by atoms with Crippen LogP contribution in [-0.4, -0.2) is 81.1 Å². The predicted molar refractivity (Wildman–Crippen MR) is 127 cm³/mol. The van der Waals surface area contributed by atoms with Gasteiger partial charge in [0, 0.05) is 52.4 Å². The summed E-state index contributed by atoms with van der Waals surface area (Å²) in [7, 11) is 3.76. The van der Waals surface area contributed by atoms with Gasteiger partial charge in [-0.05, 0) is 36.5 Å². The van der Waals surface area contributed by atoms with Crippen molar-refractivity contribution in [2.45, 2.75) is 19.4 Å². The normalized spacial score (nSPS) is 16.5. The standard InChI is InChI=1S/C21H31N5O3.HI/c1-22-21(25(2)11-12-29-15-17-3-4-17)24-13-16-5-7-18(8-6-16)20(28)26-10-9-23-19(27)14-26;/h5-8,17H,3-4,9-15H2,1-2H3,(H,22,24)(H,23,27);1H. The molecule has 166 valence electrons. The van der Waals surface area contributed by atoms with Crippen LogP contribution in [0, 0.1) is 5.92 Å². The molecule has 0 unspecified atom stereocenters. The largest absolute Gasteiger partial charge is 0.379 e. The fourth-order valence-corrected chi connectivity index (χ4v) is 3.17. The van der Waals surface area contributed by atoms with Gasteiger partial charge in [-0.3, -0.25) is 14.6 Å². The van der Waals surface area contributed by atoms with Crippen LogP contribution in [0.1, 0.15) is 28.8 Å². The molecule has 2 fully saturated rings. The van der Waals surface area contributed by atoms with Crippen molar-refractivity contribution in [1.29, 1.82) is 0 Å². The average molecular weight is 529 g/mol. The van der Waals surface area contributed by atoms with E-state index in [1.807, 2.05) is 36.2 Å². The van der Waals surface area contributed by atoms with Crippen LogP contribution in [-0.2, 0) is 16.1 Å². The Bertz CT molecular complexity index is 737. The van der Waals surface area contributed by atoms with Crippen LogP contribution in [0.4, 0.5) is 0 Å². The van der Waals surface area contributed by atoms with E-state index in [1.54, 1.807) is 11.9 Å². The molecule has 1 saturated carbocycles. The lowest BCUT2D eigenvalue weighted by Crippen LogP contribution is -2.49. The van der Waals surface area contributed by atoms with E-state index in [1.165, 1.54) is 12.8 Å². The monoisotopic (exact) mass is 529 g/mol. The zero-order valence-electron chi connectivity index (χ0n) is 17.7. The van der Waals surface area contributed by atoms with Crippen LogP contribution in [0.2, 0.25) is 0 Å². The van der Waals surface area contributed by atoms with Crippen LogP contribution in [0.3, 0.4) is 0 Å². The molecule has 0 radical (unpaired) electrons. The number of carbonyl (C=O) groups is 2. The number of ether oxygens (including phenoxy) is 1. The highest BCUT2D eigenvalue weighted by molar-refractivity contribution is 14.0. The Balaban J connectivity index is 0.00000320. The quantitative estimate of drug-likeness (QED) is 0.230. The van der Waals surface area contributed by atoms with Gasteiger partial charge in [-0.2, -0.15) is 0 Å². The minimum atomic E-state index is -0.112. The van der Waals surface area contributed by atoms with Crippen molar-refractivity contribution in [3.8, 4) is 0 Å². The molecule has 1 aliphatic carbocycles. The number of amides is 2. The Kier molecular flexibility index (Phi) is 9.83. The molecule has 0 atom stereocenters. The van der Waals surface area contributed by atoms with E-state index in [0.717, 1.165) is 30.6 Å². The summed E-state index contributed by atoms with van der Waals surface area (Å²) in [5.41, 5.74) is 1.65. The number of carbonyl (C=O) groups excluding carboxylic acids is 2. The number of piperazine rings is 1. The summed E-state index contributed by atoms with van der Waals surface area (Å²) < 4.78 is 5.69. The van der Waals surface area contributed by atoms with E-state index in [0.29, 0.717) is 31.8 Å². The Morgan fingerprint density at radius 1 is 1.33 bits per heavy atom. The zero-order chi connectivity index (χ0) is 20.6. The number of aliphatic imine (C=N–C) groups is 1. The first-order valence-corrected chi connectivity index (χ1v) is 10.2. The number of hydrogen-bond acceptors (Lipinski definition) is 4. The van der Waals surface area contributed by atoms with Crippen molar-refractivity contribution in [2.24, 2.45) is 10.9 Å². The number of hydrogen-bond donors (Lipinski definition) is 2. The van der Waals surface area contributed by atoms with Gasteiger partial charge in [0.25, 0.3) is 5.91 Å². The predicted octanol–water partition coefficient (Wildman–Crippen LogP) is 1.31. The molecular weight excluding hydrogens is 497 g/mol. The molecule has 1 aromatic carbocycles. The lowest BCUT2D eigenvalue weighted by Gasteiger charge is -2.26. The lowest BCUT2D eigenvalue weighted by atomic mass is 10.1. The van der Waals surface area contributed by atoms with Crippen LogP contribution < -0.4 is 10.6 Å². The summed E-state index contributed by atoms with van der Waals surface area (Å²) in [6, 6.07) is 7.47. The van der Waals surface area contributed by atoms with Crippen molar-refractivity contribution in [1.82, 2.24) is 20.4 Å². The highest BCUT2D eigenvalue weighted by atomic mass is 127. The van der Waals surface area contributed by atoms with Gasteiger partial charge in [-0.1, -0.05) is 12.1 Å². The van der Waals surface area contributed by atoms with E-state index < -0.39 is 0 Å². The van der Waals surface area contributed by atoms with E-state index in [2.05, 4.69) is 15.6 Å². The summed E-state index contributed by atoms with van der Waals surface area (Å²) in [6.07, 6.45) is 2.60. The second-order valence-electron chi connectivity index (χ2n) is 7.61. The zero-order valence-corrected chi connectivity index (χ0v) is 20.1. The first-order valence-electron chi connectivity index (χ1n) is 10.2. The van der Waals surface area contributed by atoms with Gasteiger partial charge in [0.1, 0.15) is 0 Å². The van der Waals surface area contributed by atoms with E-state index in [4.69, 9.17) is 4.74 Å². The highest BCUT2D eigenvalue weighted by Gasteiger charge is 2.22. The maximum atomic E-state index is 12.5. The third kappa shape index (κ3) is 7.42. The topological polar surface area (TPSA) is 86.3 Å². The Morgan fingerprint density at radius 2 is 2.07 bits per heavy atom. The second kappa shape index (κ2) is 12.1. The average Bonchev–Trinajstić information content (AvgIpc) is 3.56. The number of guanidine groups is 1. The van der Waals surface area contributed by atoms with Crippen molar-refractivity contribution in [3.05, 3.63) is 35.4 Å². The van der Waals surface area contributed by atoms with E-state index in [9.17, 15) is 9.59 Å². The minimum absolute atomic E-state index is 0. The van der Waals surface area contributed by atoms with Crippen LogP contribution >= 0.6 is 24.0 Å². The van der Waals surface area contributed by atoms with Gasteiger partial charge >= 0.3 is 0 Å². The van der Waals surface area contributed by atoms with Crippen molar-refractivity contribution >= 4 is 41.8 Å². The molecule has 3 rings (SSSR count). The maximum absolute atomic E-state index is 12.5. The molecule has 1 saturated heterocycles. The number of benzene rings is 1. The van der Waals surface area contributed by atoms with Crippen molar-refractivity contribution < 1.29 is 14.3 Å². The number of rotatable bonds is 8. The fraction of sp³-hybridized carbons (Fsp3) is 0.571. The molecule has 30 heavy (non-hydrogen) atoms. The first kappa shape index (κ1) is 24.4. The molecule has 1 heterocycles. The third-order valence-electron chi connectivity index (χ3n) is 5.17. The Labute approximate surface area is 195 Å². The highest BCUT2D eigenvalue weighted by Crippen LogP contribution is 2.28. The van der Waals surface area contributed by atoms with Gasteiger partial charge in [0.2, 0.25) is 5.91 Å². The molecular formula is C21H32IN5O3. The smallest absolute Gasteiger partial charge is 0.254 e. The summed E-state index contributed by atoms with van der Waals surface area (Å²) in [5.74, 6) is 1.36. The fourth-order valence-electron chi connectivity index (χ4n) is 3.17. The summed E-state index contributed by atoms with van der Waals surface area (Å²) in [4.78, 5) is 31.9. The molecule has 0 bridgehead atoms. The van der Waals surface area contributed by atoms with Gasteiger partial charge in [0.05, 0.1) is 13.2 Å². The van der Waals surface area contributed by atoms with Gasteiger partial charge in [0.15, 0.2) is 5.96 Å². The molecule has 8 nitrogen and oxygen atoms in total. The molecule has 0 aromatic heterocycles. The third-order valence-corrected chi connectivity index (χ3v) is 5.17. The molecule has 1 aromatic rings. The first-order chi connectivity index (χ1) is 14.1. The van der Waals surface area contributed by atoms with Crippen LogP contribution in [0.25, 0.3) is 0 Å². The molecule has 2 aliphatic rings. The minimum Gasteiger partial charge on any atom is -0.379 e. The lowest BCUT2D eigenvalue weighted by molar-refractivity contribution is -0.123. The molecule has 0 spiro atoms. The Hall–Kier alpha value is -1.88. The number of halogens is 1. The summed E-state index contributed by atoms with van der Waals surface area (Å²) in [6.45, 7) is 4.12. The van der Waals surface area contributed by atoms with E-state index >= 15 is 0 Å².